The van der Waals surface area contributed by atoms with Gasteiger partial charge in [-0.2, -0.15) is 9.40 Å². The lowest BCUT2D eigenvalue weighted by Crippen LogP contribution is -2.46. The van der Waals surface area contributed by atoms with Crippen LogP contribution in [0, 0.1) is 12.8 Å². The van der Waals surface area contributed by atoms with Crippen LogP contribution in [-0.4, -0.2) is 47.7 Å². The standard InChI is InChI=1S/C36H43N5O4S/c1-24-6-12-28(13-7-24)40-34(23-33(39-40)36(2,3)4)38-35(42)37-27-10-8-25(9-11-27)20-26-21-29-14-15-30(22-26)41(29)46(43,44)32-18-16-31(45-5)17-19-32/h6-13,16-19,23,26,29-30H,14-15,20-22H2,1-5H3,(H2,37,38,42). The first-order valence-electron chi connectivity index (χ1n) is 15.9. The molecule has 2 N–H and O–H groups in total. The molecule has 2 saturated heterocycles. The number of anilines is 2. The van der Waals surface area contributed by atoms with Gasteiger partial charge in [0.05, 0.1) is 23.4 Å². The van der Waals surface area contributed by atoms with E-state index in [4.69, 9.17) is 9.84 Å². The molecule has 1 aromatic heterocycles. The summed E-state index contributed by atoms with van der Waals surface area (Å²) in [6.45, 7) is 8.33. The minimum Gasteiger partial charge on any atom is -0.497 e. The van der Waals surface area contributed by atoms with Crippen molar-refractivity contribution < 1.29 is 17.9 Å². The summed E-state index contributed by atoms with van der Waals surface area (Å²) in [5.74, 6) is 1.64. The molecule has 10 heteroatoms. The Kier molecular flexibility index (Phi) is 8.69. The number of carbonyl (C=O) groups excluding carboxylic acids is 1. The molecule has 3 heterocycles. The Morgan fingerprint density at radius 2 is 1.54 bits per heavy atom. The molecule has 0 radical (unpaired) electrons. The maximum absolute atomic E-state index is 13.5. The molecule has 0 aliphatic carbocycles. The number of carbonyl (C=O) groups is 1. The third kappa shape index (κ3) is 6.69. The summed E-state index contributed by atoms with van der Waals surface area (Å²) in [4.78, 5) is 13.4. The summed E-state index contributed by atoms with van der Waals surface area (Å²) < 4.78 is 35.8. The van der Waals surface area contributed by atoms with E-state index in [1.807, 2.05) is 61.5 Å². The molecule has 4 aromatic rings. The Morgan fingerprint density at radius 1 is 0.913 bits per heavy atom. The number of ether oxygens (including phenoxy) is 1. The van der Waals surface area contributed by atoms with Crippen molar-refractivity contribution in [3.63, 3.8) is 0 Å². The average molecular weight is 642 g/mol. The van der Waals surface area contributed by atoms with Crippen LogP contribution in [0.2, 0.25) is 0 Å². The molecular weight excluding hydrogens is 598 g/mol. The Hall–Kier alpha value is -4.15. The lowest BCUT2D eigenvalue weighted by molar-refractivity contribution is 0.190. The predicted octanol–water partition coefficient (Wildman–Crippen LogP) is 7.31. The largest absolute Gasteiger partial charge is 0.497 e. The van der Waals surface area contributed by atoms with Gasteiger partial charge < -0.3 is 10.1 Å². The zero-order valence-corrected chi connectivity index (χ0v) is 28.0. The minimum absolute atomic E-state index is 0.0210. The van der Waals surface area contributed by atoms with Crippen LogP contribution in [-0.2, 0) is 21.9 Å². The molecule has 242 valence electrons. The molecule has 2 fully saturated rings. The topological polar surface area (TPSA) is 106 Å². The summed E-state index contributed by atoms with van der Waals surface area (Å²) in [5, 5.41) is 10.7. The molecule has 2 atom stereocenters. The number of nitrogens with one attached hydrogen (secondary N) is 2. The van der Waals surface area contributed by atoms with Crippen LogP contribution in [0.5, 0.6) is 5.75 Å². The molecule has 2 unspecified atom stereocenters. The summed E-state index contributed by atoms with van der Waals surface area (Å²) in [6.07, 6.45) is 4.36. The van der Waals surface area contributed by atoms with Gasteiger partial charge in [0.2, 0.25) is 10.0 Å². The fraction of sp³-hybridized carbons (Fsp3) is 0.389. The Labute approximate surface area is 272 Å². The predicted molar refractivity (Wildman–Crippen MR) is 181 cm³/mol. The van der Waals surface area contributed by atoms with E-state index in [1.165, 1.54) is 5.56 Å². The molecule has 2 amide bonds. The van der Waals surface area contributed by atoms with Gasteiger partial charge in [0.1, 0.15) is 11.6 Å². The number of amides is 2. The lowest BCUT2D eigenvalue weighted by Gasteiger charge is -2.38. The zero-order chi connectivity index (χ0) is 32.6. The number of urea groups is 1. The van der Waals surface area contributed by atoms with E-state index in [2.05, 4.69) is 31.4 Å². The normalized spacial score (nSPS) is 20.0. The van der Waals surface area contributed by atoms with E-state index in [9.17, 15) is 13.2 Å². The highest BCUT2D eigenvalue weighted by atomic mass is 32.2. The van der Waals surface area contributed by atoms with Crippen LogP contribution >= 0.6 is 0 Å². The van der Waals surface area contributed by atoms with Crippen LogP contribution in [0.4, 0.5) is 16.3 Å². The first-order valence-corrected chi connectivity index (χ1v) is 17.4. The average Bonchev–Trinajstić information content (AvgIpc) is 3.57. The van der Waals surface area contributed by atoms with E-state index in [0.717, 1.165) is 49.0 Å². The molecule has 2 aliphatic rings. The van der Waals surface area contributed by atoms with E-state index in [1.54, 1.807) is 40.4 Å². The van der Waals surface area contributed by atoms with Crippen molar-refractivity contribution in [2.75, 3.05) is 17.7 Å². The highest BCUT2D eigenvalue weighted by Crippen LogP contribution is 2.43. The van der Waals surface area contributed by atoms with Crippen molar-refractivity contribution >= 4 is 27.6 Å². The second-order valence-electron chi connectivity index (χ2n) is 13.6. The number of piperidine rings is 1. The van der Waals surface area contributed by atoms with Crippen LogP contribution in [0.1, 0.15) is 63.3 Å². The highest BCUT2D eigenvalue weighted by Gasteiger charge is 2.47. The fourth-order valence-corrected chi connectivity index (χ4v) is 8.62. The zero-order valence-electron chi connectivity index (χ0n) is 27.2. The van der Waals surface area contributed by atoms with E-state index in [-0.39, 0.29) is 23.5 Å². The van der Waals surface area contributed by atoms with Crippen molar-refractivity contribution in [1.29, 1.82) is 0 Å². The fourth-order valence-electron chi connectivity index (χ4n) is 6.73. The van der Waals surface area contributed by atoms with Gasteiger partial charge in [-0.1, -0.05) is 50.6 Å². The molecular formula is C36H43N5O4S. The Balaban J connectivity index is 1.08. The smallest absolute Gasteiger partial charge is 0.324 e. The molecule has 3 aromatic carbocycles. The second-order valence-corrected chi connectivity index (χ2v) is 15.5. The number of nitrogens with zero attached hydrogens (tertiary/aromatic N) is 3. The highest BCUT2D eigenvalue weighted by molar-refractivity contribution is 7.89. The van der Waals surface area contributed by atoms with Crippen LogP contribution in [0.3, 0.4) is 0 Å². The molecule has 46 heavy (non-hydrogen) atoms. The number of sulfonamides is 1. The molecule has 2 aliphatic heterocycles. The molecule has 0 saturated carbocycles. The van der Waals surface area contributed by atoms with Crippen molar-refractivity contribution in [1.82, 2.24) is 14.1 Å². The second kappa shape index (κ2) is 12.6. The minimum atomic E-state index is -3.56. The van der Waals surface area contributed by atoms with Crippen LogP contribution in [0.25, 0.3) is 5.69 Å². The monoisotopic (exact) mass is 641 g/mol. The van der Waals surface area contributed by atoms with Gasteiger partial charge in [0.25, 0.3) is 0 Å². The number of rotatable bonds is 8. The maximum atomic E-state index is 13.5. The Bertz CT molecular complexity index is 1780. The van der Waals surface area contributed by atoms with Crippen molar-refractivity contribution in [2.24, 2.45) is 5.92 Å². The lowest BCUT2D eigenvalue weighted by atomic mass is 9.87. The number of hydrogen-bond donors (Lipinski definition) is 2. The maximum Gasteiger partial charge on any atom is 0.324 e. The Morgan fingerprint density at radius 3 is 2.13 bits per heavy atom. The summed E-state index contributed by atoms with van der Waals surface area (Å²) in [5.41, 5.74) is 4.59. The quantitative estimate of drug-likeness (QED) is 0.210. The number of fused-ring (bicyclic) bond motifs is 2. The van der Waals surface area contributed by atoms with E-state index < -0.39 is 10.0 Å². The van der Waals surface area contributed by atoms with Gasteiger partial charge >= 0.3 is 6.03 Å². The van der Waals surface area contributed by atoms with Gasteiger partial charge in [-0.05, 0) is 99.0 Å². The molecule has 2 bridgehead atoms. The third-order valence-corrected chi connectivity index (χ3v) is 11.2. The van der Waals surface area contributed by atoms with Crippen molar-refractivity contribution in [3.8, 4) is 11.4 Å². The van der Waals surface area contributed by atoms with Gasteiger partial charge in [-0.3, -0.25) is 5.32 Å². The molecule has 6 rings (SSSR count). The number of aryl methyl sites for hydroxylation is 1. The number of methoxy groups -OCH3 is 1. The van der Waals surface area contributed by atoms with Crippen molar-refractivity contribution in [3.05, 3.63) is 95.7 Å². The third-order valence-electron chi connectivity index (χ3n) is 9.13. The first-order chi connectivity index (χ1) is 21.9. The molecule has 0 spiro atoms. The van der Waals surface area contributed by atoms with E-state index >= 15 is 0 Å². The number of hydrogen-bond acceptors (Lipinski definition) is 5. The molecule has 9 nitrogen and oxygen atoms in total. The first kappa shape index (κ1) is 31.8. The number of aromatic nitrogens is 2. The number of benzene rings is 3. The van der Waals surface area contributed by atoms with Crippen molar-refractivity contribution in [2.45, 2.75) is 82.2 Å². The van der Waals surface area contributed by atoms with E-state index in [0.29, 0.717) is 28.1 Å². The van der Waals surface area contributed by atoms with Gasteiger partial charge in [0, 0.05) is 29.3 Å². The van der Waals surface area contributed by atoms with Gasteiger partial charge in [-0.25, -0.2) is 17.9 Å². The van der Waals surface area contributed by atoms with Crippen LogP contribution in [0.15, 0.2) is 83.8 Å². The van der Waals surface area contributed by atoms with Gasteiger partial charge in [-0.15, -0.1) is 0 Å². The summed E-state index contributed by atoms with van der Waals surface area (Å²) in [6, 6.07) is 24.3. The summed E-state index contributed by atoms with van der Waals surface area (Å²) >= 11 is 0. The SMILES string of the molecule is COc1ccc(S(=O)(=O)N2C3CCC2CC(Cc2ccc(NC(=O)Nc4cc(C(C)(C)C)nn4-c4ccc(C)cc4)cc2)C3)cc1. The summed E-state index contributed by atoms with van der Waals surface area (Å²) in [7, 11) is -1.99. The van der Waals surface area contributed by atoms with Crippen LogP contribution < -0.4 is 15.4 Å². The van der Waals surface area contributed by atoms with Gasteiger partial charge in [0.15, 0.2) is 0 Å².